The van der Waals surface area contributed by atoms with Gasteiger partial charge in [-0.05, 0) is 45.1 Å². The largest absolute Gasteiger partial charge is 0.329 e. The minimum absolute atomic E-state index is 0.141. The third-order valence-corrected chi connectivity index (χ3v) is 5.68. The number of piperazine rings is 1. The predicted octanol–water partition coefficient (Wildman–Crippen LogP) is 0.446. The zero-order valence-corrected chi connectivity index (χ0v) is 12.0. The smallest absolute Gasteiger partial charge is 0.246 e. The zero-order valence-electron chi connectivity index (χ0n) is 12.0. The lowest BCUT2D eigenvalue weighted by atomic mass is 9.94. The van der Waals surface area contributed by atoms with Crippen molar-refractivity contribution in [3.63, 3.8) is 0 Å². The summed E-state index contributed by atoms with van der Waals surface area (Å²) < 4.78 is 0. The number of amides is 2. The second-order valence-corrected chi connectivity index (χ2v) is 6.72. The average molecular weight is 277 g/mol. The minimum Gasteiger partial charge on any atom is -0.329 e. The number of rotatable bonds is 1. The molecular formula is C15H23N3O2. The van der Waals surface area contributed by atoms with Crippen LogP contribution in [0.5, 0.6) is 0 Å². The van der Waals surface area contributed by atoms with Gasteiger partial charge in [-0.2, -0.15) is 0 Å². The van der Waals surface area contributed by atoms with Crippen LogP contribution in [0.2, 0.25) is 0 Å². The molecule has 0 aromatic carbocycles. The Hall–Kier alpha value is -1.10. The Morgan fingerprint density at radius 3 is 2.60 bits per heavy atom. The standard InChI is InChI=1S/C15H23N3O2/c19-14-10-18(15(20)13-4-2-7-17(13)14)12-5-8-16-6-1-3-11(16)9-12/h11-13H,1-10H2. The highest BCUT2D eigenvalue weighted by Gasteiger charge is 2.45. The second kappa shape index (κ2) is 4.72. The number of hydrogen-bond acceptors (Lipinski definition) is 3. The van der Waals surface area contributed by atoms with Gasteiger partial charge in [0.05, 0.1) is 0 Å². The molecule has 4 heterocycles. The van der Waals surface area contributed by atoms with Gasteiger partial charge < -0.3 is 14.7 Å². The van der Waals surface area contributed by atoms with Crippen molar-refractivity contribution in [1.82, 2.24) is 14.7 Å². The zero-order chi connectivity index (χ0) is 13.7. The van der Waals surface area contributed by atoms with Crippen molar-refractivity contribution < 1.29 is 9.59 Å². The van der Waals surface area contributed by atoms with Crippen LogP contribution in [0.25, 0.3) is 0 Å². The fourth-order valence-electron chi connectivity index (χ4n) is 4.62. The molecule has 0 aromatic heterocycles. The number of carbonyl (C=O) groups is 2. The number of carbonyl (C=O) groups excluding carboxylic acids is 2. The quantitative estimate of drug-likeness (QED) is 0.699. The molecule has 0 radical (unpaired) electrons. The van der Waals surface area contributed by atoms with Gasteiger partial charge in [-0.1, -0.05) is 0 Å². The highest BCUT2D eigenvalue weighted by atomic mass is 16.2. The van der Waals surface area contributed by atoms with E-state index in [4.69, 9.17) is 0 Å². The van der Waals surface area contributed by atoms with E-state index in [1.807, 2.05) is 9.80 Å². The van der Waals surface area contributed by atoms with E-state index < -0.39 is 0 Å². The number of piperidine rings is 1. The highest BCUT2D eigenvalue weighted by Crippen LogP contribution is 2.32. The second-order valence-electron chi connectivity index (χ2n) is 6.72. The summed E-state index contributed by atoms with van der Waals surface area (Å²) in [6.07, 6.45) is 6.52. The summed E-state index contributed by atoms with van der Waals surface area (Å²) in [5, 5.41) is 0. The fourth-order valence-corrected chi connectivity index (χ4v) is 4.62. The molecule has 0 N–H and O–H groups in total. The molecule has 4 aliphatic heterocycles. The molecule has 5 nitrogen and oxygen atoms in total. The van der Waals surface area contributed by atoms with Gasteiger partial charge in [-0.3, -0.25) is 9.59 Å². The maximum absolute atomic E-state index is 12.7. The van der Waals surface area contributed by atoms with Gasteiger partial charge in [0.15, 0.2) is 0 Å². The third kappa shape index (κ3) is 1.86. The van der Waals surface area contributed by atoms with Crippen LogP contribution >= 0.6 is 0 Å². The molecular weight excluding hydrogens is 254 g/mol. The Balaban J connectivity index is 1.50. The first-order valence-electron chi connectivity index (χ1n) is 8.08. The molecule has 0 bridgehead atoms. The molecule has 0 saturated carbocycles. The van der Waals surface area contributed by atoms with E-state index >= 15 is 0 Å². The summed E-state index contributed by atoms with van der Waals surface area (Å²) >= 11 is 0. The predicted molar refractivity (Wildman–Crippen MR) is 74.1 cm³/mol. The first kappa shape index (κ1) is 12.6. The van der Waals surface area contributed by atoms with E-state index in [2.05, 4.69) is 4.90 Å². The number of hydrogen-bond donors (Lipinski definition) is 0. The Bertz CT molecular complexity index is 439. The molecule has 5 heteroatoms. The lowest BCUT2D eigenvalue weighted by molar-refractivity contribution is -0.157. The van der Waals surface area contributed by atoms with E-state index in [0.717, 1.165) is 38.8 Å². The Morgan fingerprint density at radius 1 is 0.850 bits per heavy atom. The molecule has 3 unspecified atom stereocenters. The molecule has 0 aliphatic carbocycles. The summed E-state index contributed by atoms with van der Waals surface area (Å²) in [6.45, 7) is 3.43. The van der Waals surface area contributed by atoms with Crippen molar-refractivity contribution >= 4 is 11.8 Å². The summed E-state index contributed by atoms with van der Waals surface area (Å²) in [5.74, 6) is 0.388. The van der Waals surface area contributed by atoms with Crippen LogP contribution in [0.1, 0.15) is 38.5 Å². The topological polar surface area (TPSA) is 43.9 Å². The van der Waals surface area contributed by atoms with Crippen LogP contribution < -0.4 is 0 Å². The molecule has 2 amide bonds. The van der Waals surface area contributed by atoms with Gasteiger partial charge in [0.1, 0.15) is 12.6 Å². The van der Waals surface area contributed by atoms with E-state index in [1.54, 1.807) is 0 Å². The molecule has 0 aromatic rings. The fraction of sp³-hybridized carbons (Fsp3) is 0.867. The minimum atomic E-state index is -0.141. The summed E-state index contributed by atoms with van der Waals surface area (Å²) in [6, 6.07) is 0.810. The lowest BCUT2D eigenvalue weighted by Gasteiger charge is -2.44. The van der Waals surface area contributed by atoms with Gasteiger partial charge in [0.2, 0.25) is 11.8 Å². The van der Waals surface area contributed by atoms with Gasteiger partial charge in [-0.15, -0.1) is 0 Å². The monoisotopic (exact) mass is 277 g/mol. The molecule has 0 spiro atoms. The first-order chi connectivity index (χ1) is 9.74. The summed E-state index contributed by atoms with van der Waals surface area (Å²) in [4.78, 5) is 31.2. The number of fused-ring (bicyclic) bond motifs is 2. The van der Waals surface area contributed by atoms with Crippen molar-refractivity contribution in [2.75, 3.05) is 26.2 Å². The van der Waals surface area contributed by atoms with Gasteiger partial charge in [-0.25, -0.2) is 0 Å². The molecule has 20 heavy (non-hydrogen) atoms. The average Bonchev–Trinajstić information content (AvgIpc) is 3.10. The summed E-state index contributed by atoms with van der Waals surface area (Å²) in [7, 11) is 0. The van der Waals surface area contributed by atoms with Crippen LogP contribution in [-0.2, 0) is 9.59 Å². The van der Waals surface area contributed by atoms with Crippen LogP contribution in [0.3, 0.4) is 0 Å². The van der Waals surface area contributed by atoms with E-state index in [9.17, 15) is 9.59 Å². The first-order valence-corrected chi connectivity index (χ1v) is 8.08. The highest BCUT2D eigenvalue weighted by molar-refractivity contribution is 5.95. The van der Waals surface area contributed by atoms with Gasteiger partial charge in [0.25, 0.3) is 0 Å². The molecule has 4 aliphatic rings. The van der Waals surface area contributed by atoms with Crippen molar-refractivity contribution in [2.45, 2.75) is 56.7 Å². The molecule has 4 saturated heterocycles. The van der Waals surface area contributed by atoms with Crippen LogP contribution in [-0.4, -0.2) is 70.8 Å². The molecule has 4 rings (SSSR count). The molecule has 3 atom stereocenters. The third-order valence-electron chi connectivity index (χ3n) is 5.68. The van der Waals surface area contributed by atoms with E-state index in [-0.39, 0.29) is 17.9 Å². The normalized spacial score (nSPS) is 38.3. The van der Waals surface area contributed by atoms with Crippen molar-refractivity contribution in [1.29, 1.82) is 0 Å². The Labute approximate surface area is 119 Å². The van der Waals surface area contributed by atoms with E-state index in [0.29, 0.717) is 18.6 Å². The molecule has 4 fully saturated rings. The lowest BCUT2D eigenvalue weighted by Crippen LogP contribution is -2.61. The maximum atomic E-state index is 12.7. The van der Waals surface area contributed by atoms with Crippen molar-refractivity contribution in [3.05, 3.63) is 0 Å². The van der Waals surface area contributed by atoms with Gasteiger partial charge in [0, 0.05) is 25.2 Å². The Morgan fingerprint density at radius 2 is 1.70 bits per heavy atom. The Kier molecular flexibility index (Phi) is 2.98. The molecule has 110 valence electrons. The van der Waals surface area contributed by atoms with Crippen LogP contribution in [0.4, 0.5) is 0 Å². The summed E-state index contributed by atoms with van der Waals surface area (Å²) in [5.41, 5.74) is 0. The van der Waals surface area contributed by atoms with Crippen molar-refractivity contribution in [3.8, 4) is 0 Å². The van der Waals surface area contributed by atoms with Crippen LogP contribution in [0.15, 0.2) is 0 Å². The SMILES string of the molecule is O=C1C2CCCN2C(=O)CN1C1CCN2CCCC2C1. The van der Waals surface area contributed by atoms with Gasteiger partial charge >= 0.3 is 0 Å². The van der Waals surface area contributed by atoms with Crippen molar-refractivity contribution in [2.24, 2.45) is 0 Å². The van der Waals surface area contributed by atoms with E-state index in [1.165, 1.54) is 19.4 Å². The number of nitrogens with zero attached hydrogens (tertiary/aromatic N) is 3. The van der Waals surface area contributed by atoms with Crippen LogP contribution in [0, 0.1) is 0 Å². The maximum Gasteiger partial charge on any atom is 0.246 e.